The van der Waals surface area contributed by atoms with Gasteiger partial charge in [0, 0.05) is 10.4 Å². The largest absolute Gasteiger partial charge is 0.388 e. The summed E-state index contributed by atoms with van der Waals surface area (Å²) in [6, 6.07) is 11.8. The standard InChI is InChI=1S/C15H15ClO/c16-14-8-7-13(15(17)9-10-5-6-10)11-3-1-2-4-12(11)14/h1-4,7-8,10,15,17H,5-6,9H2. The van der Waals surface area contributed by atoms with Crippen LogP contribution < -0.4 is 0 Å². The van der Waals surface area contributed by atoms with Gasteiger partial charge in [0.2, 0.25) is 0 Å². The third-order valence-electron chi connectivity index (χ3n) is 3.52. The Hall–Kier alpha value is -1.05. The highest BCUT2D eigenvalue weighted by atomic mass is 35.5. The lowest BCUT2D eigenvalue weighted by Crippen LogP contribution is -1.99. The third-order valence-corrected chi connectivity index (χ3v) is 3.85. The molecule has 1 aliphatic carbocycles. The summed E-state index contributed by atoms with van der Waals surface area (Å²) in [5.41, 5.74) is 1.01. The molecule has 1 N–H and O–H groups in total. The number of aliphatic hydroxyl groups is 1. The quantitative estimate of drug-likeness (QED) is 0.855. The number of hydrogen-bond donors (Lipinski definition) is 1. The maximum atomic E-state index is 10.3. The second kappa shape index (κ2) is 4.32. The van der Waals surface area contributed by atoms with Crippen LogP contribution in [0, 0.1) is 5.92 Å². The molecule has 0 amide bonds. The van der Waals surface area contributed by atoms with Gasteiger partial charge >= 0.3 is 0 Å². The number of halogens is 1. The Bertz CT molecular complexity index is 546. The molecule has 1 atom stereocenters. The predicted molar refractivity (Wildman–Crippen MR) is 71.3 cm³/mol. The van der Waals surface area contributed by atoms with E-state index >= 15 is 0 Å². The van der Waals surface area contributed by atoms with Gasteiger partial charge < -0.3 is 5.11 Å². The average molecular weight is 247 g/mol. The van der Waals surface area contributed by atoms with E-state index in [-0.39, 0.29) is 6.10 Å². The minimum atomic E-state index is -0.357. The maximum Gasteiger partial charge on any atom is 0.0798 e. The monoisotopic (exact) mass is 246 g/mol. The highest BCUT2D eigenvalue weighted by Crippen LogP contribution is 2.39. The molecular weight excluding hydrogens is 232 g/mol. The summed E-state index contributed by atoms with van der Waals surface area (Å²) in [5, 5.41) is 13.1. The molecule has 1 fully saturated rings. The van der Waals surface area contributed by atoms with E-state index in [1.807, 2.05) is 36.4 Å². The van der Waals surface area contributed by atoms with Crippen molar-refractivity contribution in [1.29, 1.82) is 0 Å². The fourth-order valence-electron chi connectivity index (χ4n) is 2.37. The van der Waals surface area contributed by atoms with Crippen LogP contribution in [0.4, 0.5) is 0 Å². The van der Waals surface area contributed by atoms with Gasteiger partial charge in [-0.15, -0.1) is 0 Å². The SMILES string of the molecule is OC(CC1CC1)c1ccc(Cl)c2ccccc12. The van der Waals surface area contributed by atoms with Crippen LogP contribution >= 0.6 is 11.6 Å². The summed E-state index contributed by atoms with van der Waals surface area (Å²) in [7, 11) is 0. The highest BCUT2D eigenvalue weighted by molar-refractivity contribution is 6.35. The van der Waals surface area contributed by atoms with Crippen molar-refractivity contribution < 1.29 is 5.11 Å². The minimum absolute atomic E-state index is 0.357. The van der Waals surface area contributed by atoms with Gasteiger partial charge in [-0.05, 0) is 29.4 Å². The van der Waals surface area contributed by atoms with Crippen molar-refractivity contribution in [2.45, 2.75) is 25.4 Å². The van der Waals surface area contributed by atoms with Crippen molar-refractivity contribution in [3.8, 4) is 0 Å². The molecule has 0 heterocycles. The van der Waals surface area contributed by atoms with Crippen molar-refractivity contribution in [2.75, 3.05) is 0 Å². The number of fused-ring (bicyclic) bond motifs is 1. The molecule has 1 unspecified atom stereocenters. The normalized spacial score (nSPS) is 17.3. The molecule has 3 rings (SSSR count). The molecule has 0 radical (unpaired) electrons. The summed E-state index contributed by atoms with van der Waals surface area (Å²) in [6.07, 6.45) is 3.06. The smallest absolute Gasteiger partial charge is 0.0798 e. The molecule has 0 saturated heterocycles. The molecule has 2 heteroatoms. The van der Waals surface area contributed by atoms with Crippen LogP contribution in [0.3, 0.4) is 0 Å². The molecular formula is C15H15ClO. The number of aliphatic hydroxyl groups excluding tert-OH is 1. The summed E-state index contributed by atoms with van der Waals surface area (Å²) >= 11 is 6.17. The molecule has 1 aliphatic rings. The molecule has 2 aromatic rings. The molecule has 0 aromatic heterocycles. The first kappa shape index (κ1) is 11.1. The topological polar surface area (TPSA) is 20.2 Å². The number of hydrogen-bond acceptors (Lipinski definition) is 1. The van der Waals surface area contributed by atoms with Crippen LogP contribution in [-0.2, 0) is 0 Å². The van der Waals surface area contributed by atoms with Crippen molar-refractivity contribution in [3.63, 3.8) is 0 Å². The second-order valence-corrected chi connectivity index (χ2v) is 5.28. The van der Waals surface area contributed by atoms with Crippen LogP contribution in [0.15, 0.2) is 36.4 Å². The predicted octanol–water partition coefficient (Wildman–Crippen LogP) is 4.33. The molecule has 1 nitrogen and oxygen atoms in total. The Morgan fingerprint density at radius 1 is 1.12 bits per heavy atom. The zero-order valence-electron chi connectivity index (χ0n) is 9.57. The van der Waals surface area contributed by atoms with Gasteiger partial charge in [-0.25, -0.2) is 0 Å². The molecule has 0 aliphatic heterocycles. The second-order valence-electron chi connectivity index (χ2n) is 4.88. The van der Waals surface area contributed by atoms with Crippen LogP contribution in [0.2, 0.25) is 5.02 Å². The Balaban J connectivity index is 2.05. The van der Waals surface area contributed by atoms with Crippen LogP contribution in [0.5, 0.6) is 0 Å². The van der Waals surface area contributed by atoms with Crippen LogP contribution in [0.1, 0.15) is 30.9 Å². The summed E-state index contributed by atoms with van der Waals surface area (Å²) in [4.78, 5) is 0. The van der Waals surface area contributed by atoms with E-state index in [0.29, 0.717) is 0 Å². The first-order chi connectivity index (χ1) is 8.25. The van der Waals surface area contributed by atoms with Gasteiger partial charge in [-0.2, -0.15) is 0 Å². The molecule has 88 valence electrons. The van der Waals surface area contributed by atoms with Crippen molar-refractivity contribution in [2.24, 2.45) is 5.92 Å². The molecule has 1 saturated carbocycles. The van der Waals surface area contributed by atoms with Crippen LogP contribution in [-0.4, -0.2) is 5.11 Å². The van der Waals surface area contributed by atoms with Gasteiger partial charge in [0.25, 0.3) is 0 Å². The molecule has 2 aromatic carbocycles. The van der Waals surface area contributed by atoms with Gasteiger partial charge in [-0.1, -0.05) is 54.8 Å². The average Bonchev–Trinajstić information content (AvgIpc) is 3.14. The van der Waals surface area contributed by atoms with E-state index in [2.05, 4.69) is 0 Å². The van der Waals surface area contributed by atoms with Gasteiger partial charge in [0.05, 0.1) is 6.10 Å². The van der Waals surface area contributed by atoms with E-state index < -0.39 is 0 Å². The number of rotatable bonds is 3. The number of benzene rings is 2. The molecule has 17 heavy (non-hydrogen) atoms. The summed E-state index contributed by atoms with van der Waals surface area (Å²) < 4.78 is 0. The van der Waals surface area contributed by atoms with E-state index in [1.165, 1.54) is 12.8 Å². The van der Waals surface area contributed by atoms with Crippen molar-refractivity contribution in [3.05, 3.63) is 47.0 Å². The fourth-order valence-corrected chi connectivity index (χ4v) is 2.60. The zero-order chi connectivity index (χ0) is 11.8. The summed E-state index contributed by atoms with van der Waals surface area (Å²) in [6.45, 7) is 0. The zero-order valence-corrected chi connectivity index (χ0v) is 10.3. The Morgan fingerprint density at radius 2 is 1.82 bits per heavy atom. The van der Waals surface area contributed by atoms with Gasteiger partial charge in [0.15, 0.2) is 0 Å². The molecule has 0 bridgehead atoms. The highest BCUT2D eigenvalue weighted by Gasteiger charge is 2.25. The molecule has 0 spiro atoms. The van der Waals surface area contributed by atoms with Gasteiger partial charge in [-0.3, -0.25) is 0 Å². The Morgan fingerprint density at radius 3 is 2.53 bits per heavy atom. The minimum Gasteiger partial charge on any atom is -0.388 e. The first-order valence-corrected chi connectivity index (χ1v) is 6.48. The van der Waals surface area contributed by atoms with Crippen LogP contribution in [0.25, 0.3) is 10.8 Å². The maximum absolute atomic E-state index is 10.3. The fraction of sp³-hybridized carbons (Fsp3) is 0.333. The first-order valence-electron chi connectivity index (χ1n) is 6.11. The van der Waals surface area contributed by atoms with Crippen molar-refractivity contribution in [1.82, 2.24) is 0 Å². The van der Waals surface area contributed by atoms with E-state index in [9.17, 15) is 5.11 Å². The Labute approximate surface area is 106 Å². The van der Waals surface area contributed by atoms with E-state index in [4.69, 9.17) is 11.6 Å². The lowest BCUT2D eigenvalue weighted by molar-refractivity contribution is 0.162. The van der Waals surface area contributed by atoms with E-state index in [0.717, 1.165) is 33.7 Å². The summed E-state index contributed by atoms with van der Waals surface area (Å²) in [5.74, 6) is 0.722. The third kappa shape index (κ3) is 2.18. The Kier molecular flexibility index (Phi) is 2.81. The lowest BCUT2D eigenvalue weighted by Gasteiger charge is -2.14. The van der Waals surface area contributed by atoms with Gasteiger partial charge in [0.1, 0.15) is 0 Å². The lowest BCUT2D eigenvalue weighted by atomic mass is 9.97. The van der Waals surface area contributed by atoms with E-state index in [1.54, 1.807) is 0 Å². The van der Waals surface area contributed by atoms with Crippen molar-refractivity contribution >= 4 is 22.4 Å².